The van der Waals surface area contributed by atoms with Crippen molar-refractivity contribution in [3.05, 3.63) is 29.3 Å². The fourth-order valence-corrected chi connectivity index (χ4v) is 1.73. The molecule has 3 nitrogen and oxygen atoms in total. The van der Waals surface area contributed by atoms with Crippen molar-refractivity contribution in [1.29, 1.82) is 0 Å². The van der Waals surface area contributed by atoms with E-state index in [0.29, 0.717) is 13.2 Å². The summed E-state index contributed by atoms with van der Waals surface area (Å²) in [4.78, 5) is 0. The Morgan fingerprint density at radius 1 is 1.29 bits per heavy atom. The van der Waals surface area contributed by atoms with Gasteiger partial charge in [0.2, 0.25) is 0 Å². The van der Waals surface area contributed by atoms with Gasteiger partial charge >= 0.3 is 0 Å². The highest BCUT2D eigenvalue weighted by Crippen LogP contribution is 2.24. The van der Waals surface area contributed by atoms with Crippen molar-refractivity contribution in [3.8, 4) is 5.75 Å². The number of hydrogen-bond acceptors (Lipinski definition) is 3. The summed E-state index contributed by atoms with van der Waals surface area (Å²) in [5, 5.41) is 0. The molecule has 17 heavy (non-hydrogen) atoms. The molecule has 0 heterocycles. The second-order valence-corrected chi connectivity index (χ2v) is 4.28. The van der Waals surface area contributed by atoms with E-state index in [1.165, 1.54) is 5.56 Å². The van der Waals surface area contributed by atoms with Crippen molar-refractivity contribution >= 4 is 0 Å². The molecule has 0 amide bonds. The molecule has 1 atom stereocenters. The molecule has 2 N–H and O–H groups in total. The lowest BCUT2D eigenvalue weighted by atomic mass is 10.0. The molecule has 0 radical (unpaired) electrons. The number of rotatable bonds is 7. The molecule has 0 fully saturated rings. The third kappa shape index (κ3) is 4.36. The molecule has 0 aromatic heterocycles. The van der Waals surface area contributed by atoms with Gasteiger partial charge in [-0.1, -0.05) is 25.1 Å². The maximum atomic E-state index is 6.00. The normalized spacial score (nSPS) is 12.5. The predicted octanol–water partition coefficient (Wildman–Crippen LogP) is 2.30. The Morgan fingerprint density at radius 2 is 2.06 bits per heavy atom. The van der Waals surface area contributed by atoms with E-state index in [0.717, 1.165) is 24.2 Å². The molecule has 0 aliphatic carbocycles. The van der Waals surface area contributed by atoms with Gasteiger partial charge in [0, 0.05) is 13.2 Å². The van der Waals surface area contributed by atoms with Gasteiger partial charge in [0.15, 0.2) is 0 Å². The first-order chi connectivity index (χ1) is 8.19. The lowest BCUT2D eigenvalue weighted by Gasteiger charge is -2.16. The van der Waals surface area contributed by atoms with E-state index < -0.39 is 0 Å². The zero-order valence-electron chi connectivity index (χ0n) is 11.0. The third-order valence-corrected chi connectivity index (χ3v) is 2.83. The summed E-state index contributed by atoms with van der Waals surface area (Å²) in [6.07, 6.45) is 1.84. The number of hydrogen-bond donors (Lipinski definition) is 1. The molecule has 0 bridgehead atoms. The highest BCUT2D eigenvalue weighted by Gasteiger charge is 2.10. The second-order valence-electron chi connectivity index (χ2n) is 4.28. The standard InChI is InChI=1S/C14H23NO2/c1-4-13(15)10-12-7-5-6-11(2)14(12)17-9-8-16-3/h5-7,13H,4,8-10,15H2,1-3H3. The van der Waals surface area contributed by atoms with Crippen LogP contribution in [0.3, 0.4) is 0 Å². The zero-order valence-corrected chi connectivity index (χ0v) is 11.0. The van der Waals surface area contributed by atoms with Crippen LogP contribution < -0.4 is 10.5 Å². The van der Waals surface area contributed by atoms with Crippen molar-refractivity contribution in [3.63, 3.8) is 0 Å². The van der Waals surface area contributed by atoms with E-state index in [1.807, 2.05) is 0 Å². The number of aryl methyl sites for hydroxylation is 1. The van der Waals surface area contributed by atoms with Gasteiger partial charge in [-0.3, -0.25) is 0 Å². The van der Waals surface area contributed by atoms with Gasteiger partial charge < -0.3 is 15.2 Å². The number of para-hydroxylation sites is 1. The van der Waals surface area contributed by atoms with E-state index in [-0.39, 0.29) is 6.04 Å². The van der Waals surface area contributed by atoms with Crippen LogP contribution >= 0.6 is 0 Å². The highest BCUT2D eigenvalue weighted by atomic mass is 16.5. The van der Waals surface area contributed by atoms with Gasteiger partial charge in [0.25, 0.3) is 0 Å². The van der Waals surface area contributed by atoms with Crippen LogP contribution in [0.2, 0.25) is 0 Å². The molecule has 96 valence electrons. The van der Waals surface area contributed by atoms with Crippen molar-refractivity contribution in [2.45, 2.75) is 32.7 Å². The van der Waals surface area contributed by atoms with Crippen molar-refractivity contribution in [1.82, 2.24) is 0 Å². The number of methoxy groups -OCH3 is 1. The molecule has 0 saturated heterocycles. The van der Waals surface area contributed by atoms with Crippen LogP contribution in [0.4, 0.5) is 0 Å². The number of nitrogens with two attached hydrogens (primary N) is 1. The minimum Gasteiger partial charge on any atom is -0.491 e. The van der Waals surface area contributed by atoms with Crippen LogP contribution in [0.15, 0.2) is 18.2 Å². The first-order valence-electron chi connectivity index (χ1n) is 6.14. The van der Waals surface area contributed by atoms with E-state index in [1.54, 1.807) is 7.11 Å². The molecule has 3 heteroatoms. The summed E-state index contributed by atoms with van der Waals surface area (Å²) in [6.45, 7) is 5.35. The quantitative estimate of drug-likeness (QED) is 0.740. The maximum absolute atomic E-state index is 6.00. The molecular formula is C14H23NO2. The van der Waals surface area contributed by atoms with Gasteiger partial charge in [-0.05, 0) is 30.9 Å². The molecular weight excluding hydrogens is 214 g/mol. The minimum absolute atomic E-state index is 0.196. The Morgan fingerprint density at radius 3 is 2.71 bits per heavy atom. The molecule has 1 aromatic rings. The summed E-state index contributed by atoms with van der Waals surface area (Å²) in [5.74, 6) is 0.966. The monoisotopic (exact) mass is 237 g/mol. The van der Waals surface area contributed by atoms with Crippen LogP contribution in [0.1, 0.15) is 24.5 Å². The van der Waals surface area contributed by atoms with Gasteiger partial charge in [0.1, 0.15) is 12.4 Å². The summed E-state index contributed by atoms with van der Waals surface area (Å²) in [5.41, 5.74) is 8.34. The van der Waals surface area contributed by atoms with Gasteiger partial charge in [-0.15, -0.1) is 0 Å². The maximum Gasteiger partial charge on any atom is 0.125 e. The largest absolute Gasteiger partial charge is 0.491 e. The zero-order chi connectivity index (χ0) is 12.7. The van der Waals surface area contributed by atoms with Crippen LogP contribution in [-0.2, 0) is 11.2 Å². The van der Waals surface area contributed by atoms with Crippen LogP contribution in [0.25, 0.3) is 0 Å². The van der Waals surface area contributed by atoms with Gasteiger partial charge in [-0.2, -0.15) is 0 Å². The lowest BCUT2D eigenvalue weighted by molar-refractivity contribution is 0.145. The van der Waals surface area contributed by atoms with Crippen molar-refractivity contribution in [2.75, 3.05) is 20.3 Å². The summed E-state index contributed by atoms with van der Waals surface area (Å²) >= 11 is 0. The fourth-order valence-electron chi connectivity index (χ4n) is 1.73. The average Bonchev–Trinajstić information content (AvgIpc) is 2.32. The highest BCUT2D eigenvalue weighted by molar-refractivity contribution is 5.41. The van der Waals surface area contributed by atoms with Crippen LogP contribution in [0.5, 0.6) is 5.75 Å². The average molecular weight is 237 g/mol. The smallest absolute Gasteiger partial charge is 0.125 e. The first-order valence-corrected chi connectivity index (χ1v) is 6.14. The Hall–Kier alpha value is -1.06. The summed E-state index contributed by atoms with van der Waals surface area (Å²) in [6, 6.07) is 6.39. The Kier molecular flexibility index (Phi) is 6.01. The molecule has 0 aliphatic rings. The van der Waals surface area contributed by atoms with E-state index >= 15 is 0 Å². The molecule has 0 spiro atoms. The van der Waals surface area contributed by atoms with Gasteiger partial charge in [-0.25, -0.2) is 0 Å². The topological polar surface area (TPSA) is 44.5 Å². The van der Waals surface area contributed by atoms with E-state index in [2.05, 4.69) is 32.0 Å². The van der Waals surface area contributed by atoms with E-state index in [4.69, 9.17) is 15.2 Å². The SMILES string of the molecule is CCC(N)Cc1cccc(C)c1OCCOC. The minimum atomic E-state index is 0.196. The summed E-state index contributed by atoms with van der Waals surface area (Å²) < 4.78 is 10.8. The van der Waals surface area contributed by atoms with Gasteiger partial charge in [0.05, 0.1) is 6.61 Å². The van der Waals surface area contributed by atoms with Crippen LogP contribution in [-0.4, -0.2) is 26.4 Å². The lowest BCUT2D eigenvalue weighted by Crippen LogP contribution is -2.22. The fraction of sp³-hybridized carbons (Fsp3) is 0.571. The van der Waals surface area contributed by atoms with Crippen molar-refractivity contribution in [2.24, 2.45) is 5.73 Å². The molecule has 0 aliphatic heterocycles. The number of ether oxygens (including phenoxy) is 2. The molecule has 1 rings (SSSR count). The Labute approximate surface area is 104 Å². The molecule has 0 saturated carbocycles. The Bertz CT molecular complexity index is 339. The second kappa shape index (κ2) is 7.30. The third-order valence-electron chi connectivity index (χ3n) is 2.83. The Balaban J connectivity index is 2.76. The van der Waals surface area contributed by atoms with Crippen LogP contribution in [0, 0.1) is 6.92 Å². The van der Waals surface area contributed by atoms with Crippen molar-refractivity contribution < 1.29 is 9.47 Å². The number of benzene rings is 1. The predicted molar refractivity (Wildman–Crippen MR) is 70.5 cm³/mol. The van der Waals surface area contributed by atoms with E-state index in [9.17, 15) is 0 Å². The first kappa shape index (κ1) is 14.0. The molecule has 1 aromatic carbocycles. The molecule has 1 unspecified atom stereocenters. The summed E-state index contributed by atoms with van der Waals surface area (Å²) in [7, 11) is 1.68.